The lowest BCUT2D eigenvalue weighted by Gasteiger charge is -2.38. The van der Waals surface area contributed by atoms with E-state index in [1.165, 1.54) is 5.56 Å². The lowest BCUT2D eigenvalue weighted by atomic mass is 9.83. The maximum absolute atomic E-state index is 14.4. The van der Waals surface area contributed by atoms with E-state index < -0.39 is 5.67 Å². The van der Waals surface area contributed by atoms with Gasteiger partial charge in [-0.25, -0.2) is 4.39 Å². The fraction of sp³-hybridized carbons (Fsp3) is 0.600. The van der Waals surface area contributed by atoms with Gasteiger partial charge in [0.25, 0.3) is 0 Å². The maximum atomic E-state index is 14.4. The topological polar surface area (TPSA) is 3.24 Å². The van der Waals surface area contributed by atoms with Crippen LogP contribution in [0.2, 0.25) is 0 Å². The number of nitrogens with zero attached hydrogens (tertiary/aromatic N) is 1. The van der Waals surface area contributed by atoms with Crippen LogP contribution in [0.3, 0.4) is 0 Å². The van der Waals surface area contributed by atoms with Gasteiger partial charge in [0, 0.05) is 19.6 Å². The minimum Gasteiger partial charge on any atom is -0.299 e. The van der Waals surface area contributed by atoms with Crippen LogP contribution in [0.4, 0.5) is 4.39 Å². The van der Waals surface area contributed by atoms with Gasteiger partial charge in [-0.05, 0) is 24.3 Å². The molecule has 94 valence electrons. The van der Waals surface area contributed by atoms with Gasteiger partial charge in [-0.1, -0.05) is 44.2 Å². The lowest BCUT2D eigenvalue weighted by molar-refractivity contribution is 0.0172. The van der Waals surface area contributed by atoms with Crippen molar-refractivity contribution in [3.63, 3.8) is 0 Å². The van der Waals surface area contributed by atoms with Crippen LogP contribution in [0.15, 0.2) is 30.3 Å². The molecular weight excluding hydrogens is 213 g/mol. The Bertz CT molecular complexity index is 339. The highest BCUT2D eigenvalue weighted by atomic mass is 19.1. The van der Waals surface area contributed by atoms with Gasteiger partial charge in [-0.3, -0.25) is 4.90 Å². The molecule has 1 aliphatic heterocycles. The third-order valence-corrected chi connectivity index (χ3v) is 3.97. The SMILES string of the molecule is CC(C)C1(F)CCN(Cc2ccccc2)CC1. The second-order valence-electron chi connectivity index (χ2n) is 5.45. The van der Waals surface area contributed by atoms with Crippen molar-refractivity contribution < 1.29 is 4.39 Å². The molecule has 0 N–H and O–H groups in total. The number of hydrogen-bond donors (Lipinski definition) is 0. The van der Waals surface area contributed by atoms with Gasteiger partial charge in [0.1, 0.15) is 5.67 Å². The van der Waals surface area contributed by atoms with E-state index in [-0.39, 0.29) is 5.92 Å². The smallest absolute Gasteiger partial charge is 0.115 e. The summed E-state index contributed by atoms with van der Waals surface area (Å²) in [6.45, 7) is 6.70. The highest BCUT2D eigenvalue weighted by Gasteiger charge is 2.37. The Morgan fingerprint density at radius 3 is 2.29 bits per heavy atom. The Morgan fingerprint density at radius 2 is 1.76 bits per heavy atom. The summed E-state index contributed by atoms with van der Waals surface area (Å²) in [4.78, 5) is 2.36. The minimum atomic E-state index is -0.937. The van der Waals surface area contributed by atoms with Crippen molar-refractivity contribution in [2.24, 2.45) is 5.92 Å². The molecule has 1 aliphatic rings. The predicted octanol–water partition coefficient (Wildman–Crippen LogP) is 3.65. The largest absolute Gasteiger partial charge is 0.299 e. The van der Waals surface area contributed by atoms with Gasteiger partial charge in [0.2, 0.25) is 0 Å². The van der Waals surface area contributed by atoms with Crippen molar-refractivity contribution in [1.29, 1.82) is 0 Å². The Hall–Kier alpha value is -0.890. The lowest BCUT2D eigenvalue weighted by Crippen LogP contribution is -2.44. The summed E-state index contributed by atoms with van der Waals surface area (Å²) >= 11 is 0. The first-order chi connectivity index (χ1) is 8.10. The highest BCUT2D eigenvalue weighted by Crippen LogP contribution is 2.33. The molecule has 0 aromatic heterocycles. The highest BCUT2D eigenvalue weighted by molar-refractivity contribution is 5.14. The van der Waals surface area contributed by atoms with Crippen molar-refractivity contribution in [3.8, 4) is 0 Å². The van der Waals surface area contributed by atoms with E-state index in [0.29, 0.717) is 12.8 Å². The van der Waals surface area contributed by atoms with E-state index >= 15 is 0 Å². The molecule has 2 rings (SSSR count). The molecule has 0 unspecified atom stereocenters. The molecule has 2 heteroatoms. The second-order valence-corrected chi connectivity index (χ2v) is 5.45. The van der Waals surface area contributed by atoms with Crippen molar-refractivity contribution in [2.45, 2.75) is 38.9 Å². The third kappa shape index (κ3) is 3.06. The van der Waals surface area contributed by atoms with Crippen LogP contribution in [0, 0.1) is 5.92 Å². The van der Waals surface area contributed by atoms with Crippen LogP contribution < -0.4 is 0 Å². The van der Waals surface area contributed by atoms with Gasteiger partial charge in [-0.2, -0.15) is 0 Å². The molecule has 1 saturated heterocycles. The minimum absolute atomic E-state index is 0.140. The quantitative estimate of drug-likeness (QED) is 0.773. The zero-order valence-electron chi connectivity index (χ0n) is 10.8. The first-order valence-electron chi connectivity index (χ1n) is 6.55. The van der Waals surface area contributed by atoms with Gasteiger partial charge >= 0.3 is 0 Å². The average molecular weight is 235 g/mol. The molecule has 1 heterocycles. The summed E-state index contributed by atoms with van der Waals surface area (Å²) in [5.74, 6) is 0.140. The van der Waals surface area contributed by atoms with Gasteiger partial charge < -0.3 is 0 Å². The fourth-order valence-electron chi connectivity index (χ4n) is 2.50. The van der Waals surface area contributed by atoms with E-state index in [2.05, 4.69) is 29.2 Å². The van der Waals surface area contributed by atoms with Crippen molar-refractivity contribution in [2.75, 3.05) is 13.1 Å². The Morgan fingerprint density at radius 1 is 1.18 bits per heavy atom. The zero-order chi connectivity index (χ0) is 12.3. The maximum Gasteiger partial charge on any atom is 0.115 e. The standard InChI is InChI=1S/C15H22FN/c1-13(2)15(16)8-10-17(11-9-15)12-14-6-4-3-5-7-14/h3-7,13H,8-12H2,1-2H3. The number of alkyl halides is 1. The number of piperidine rings is 1. The molecule has 0 radical (unpaired) electrons. The monoisotopic (exact) mass is 235 g/mol. The summed E-state index contributed by atoms with van der Waals surface area (Å²) in [6, 6.07) is 10.4. The van der Waals surface area contributed by atoms with Crippen LogP contribution >= 0.6 is 0 Å². The van der Waals surface area contributed by atoms with E-state index in [1.807, 2.05) is 19.9 Å². The number of likely N-dealkylation sites (tertiary alicyclic amines) is 1. The second kappa shape index (κ2) is 5.18. The fourth-order valence-corrected chi connectivity index (χ4v) is 2.50. The van der Waals surface area contributed by atoms with Crippen LogP contribution in [0.25, 0.3) is 0 Å². The molecule has 0 atom stereocenters. The number of halogens is 1. The molecule has 0 aliphatic carbocycles. The van der Waals surface area contributed by atoms with Crippen LogP contribution in [0.5, 0.6) is 0 Å². The Labute approximate surface area is 104 Å². The van der Waals surface area contributed by atoms with E-state index in [1.54, 1.807) is 0 Å². The van der Waals surface area contributed by atoms with Crippen molar-refractivity contribution in [3.05, 3.63) is 35.9 Å². The van der Waals surface area contributed by atoms with Gasteiger partial charge in [0.05, 0.1) is 0 Å². The van der Waals surface area contributed by atoms with Crippen LogP contribution in [-0.4, -0.2) is 23.7 Å². The molecular formula is C15H22FN. The normalized spacial score (nSPS) is 20.7. The summed E-state index contributed by atoms with van der Waals surface area (Å²) in [6.07, 6.45) is 1.36. The van der Waals surface area contributed by atoms with E-state index in [9.17, 15) is 4.39 Å². The molecule has 0 bridgehead atoms. The number of rotatable bonds is 3. The molecule has 1 fully saturated rings. The number of hydrogen-bond acceptors (Lipinski definition) is 1. The Kier molecular flexibility index (Phi) is 3.82. The molecule has 1 aromatic rings. The van der Waals surface area contributed by atoms with Crippen LogP contribution in [-0.2, 0) is 6.54 Å². The van der Waals surface area contributed by atoms with Crippen LogP contribution in [0.1, 0.15) is 32.3 Å². The Balaban J connectivity index is 1.88. The predicted molar refractivity (Wildman–Crippen MR) is 69.6 cm³/mol. The van der Waals surface area contributed by atoms with Gasteiger partial charge in [-0.15, -0.1) is 0 Å². The molecule has 0 amide bonds. The van der Waals surface area contributed by atoms with Gasteiger partial charge in [0.15, 0.2) is 0 Å². The molecule has 0 spiro atoms. The van der Waals surface area contributed by atoms with E-state index in [0.717, 1.165) is 19.6 Å². The summed E-state index contributed by atoms with van der Waals surface area (Å²) in [5.41, 5.74) is 0.385. The summed E-state index contributed by atoms with van der Waals surface area (Å²) in [5, 5.41) is 0. The zero-order valence-corrected chi connectivity index (χ0v) is 10.8. The third-order valence-electron chi connectivity index (χ3n) is 3.97. The van der Waals surface area contributed by atoms with Crippen molar-refractivity contribution >= 4 is 0 Å². The molecule has 1 aromatic carbocycles. The molecule has 17 heavy (non-hydrogen) atoms. The molecule has 1 nitrogen and oxygen atoms in total. The average Bonchev–Trinajstić information content (AvgIpc) is 2.33. The van der Waals surface area contributed by atoms with E-state index in [4.69, 9.17) is 0 Å². The summed E-state index contributed by atoms with van der Waals surface area (Å²) in [7, 11) is 0. The number of benzene rings is 1. The first-order valence-corrected chi connectivity index (χ1v) is 6.55. The summed E-state index contributed by atoms with van der Waals surface area (Å²) < 4.78 is 14.4. The van der Waals surface area contributed by atoms with Crippen molar-refractivity contribution in [1.82, 2.24) is 4.90 Å². The first kappa shape index (κ1) is 12.6. The molecule has 0 saturated carbocycles.